The Kier molecular flexibility index (Phi) is 4.18. The first-order valence-electron chi connectivity index (χ1n) is 6.59. The van der Waals surface area contributed by atoms with E-state index in [2.05, 4.69) is 36.1 Å². The minimum atomic E-state index is -0.592. The quantitative estimate of drug-likeness (QED) is 0.901. The monoisotopic (exact) mass is 279 g/mol. The molecule has 0 spiro atoms. The van der Waals surface area contributed by atoms with E-state index in [1.165, 1.54) is 12.1 Å². The van der Waals surface area contributed by atoms with Crippen LogP contribution in [-0.4, -0.2) is 22.1 Å². The molecule has 0 atom stereocenters. The highest BCUT2D eigenvalue weighted by Gasteiger charge is 2.10. The number of aromatic amines is 1. The average molecular weight is 279 g/mol. The van der Waals surface area contributed by atoms with Crippen molar-refractivity contribution in [2.75, 3.05) is 6.54 Å². The number of hydrogen-bond donors (Lipinski definition) is 2. The van der Waals surface area contributed by atoms with Gasteiger partial charge >= 0.3 is 0 Å². The number of benzene rings is 1. The number of imidazole rings is 1. The predicted molar refractivity (Wildman–Crippen MR) is 75.4 cm³/mol. The molecule has 3 nitrogen and oxygen atoms in total. The van der Waals surface area contributed by atoms with Crippen LogP contribution in [0, 0.1) is 11.6 Å². The summed E-state index contributed by atoms with van der Waals surface area (Å²) in [6, 6.07) is 3.43. The van der Waals surface area contributed by atoms with Gasteiger partial charge in [-0.3, -0.25) is 0 Å². The molecule has 0 aliphatic carbocycles. The SMILES string of the molecule is CC(C)(C)NCCc1ncc(-c2cc(F)cc(F)c2)[nH]1. The summed E-state index contributed by atoms with van der Waals surface area (Å²) in [4.78, 5) is 7.32. The molecule has 20 heavy (non-hydrogen) atoms. The van der Waals surface area contributed by atoms with Gasteiger partial charge in [0.2, 0.25) is 0 Å². The summed E-state index contributed by atoms with van der Waals surface area (Å²) < 4.78 is 26.3. The number of rotatable bonds is 4. The highest BCUT2D eigenvalue weighted by atomic mass is 19.1. The van der Waals surface area contributed by atoms with Gasteiger partial charge in [-0.1, -0.05) is 0 Å². The fourth-order valence-corrected chi connectivity index (χ4v) is 1.90. The molecular weight excluding hydrogens is 260 g/mol. The van der Waals surface area contributed by atoms with Crippen LogP contribution in [0.25, 0.3) is 11.3 Å². The van der Waals surface area contributed by atoms with Crippen molar-refractivity contribution in [2.45, 2.75) is 32.7 Å². The van der Waals surface area contributed by atoms with Crippen LogP contribution in [0.4, 0.5) is 8.78 Å². The molecule has 0 saturated heterocycles. The summed E-state index contributed by atoms with van der Waals surface area (Å²) in [5, 5.41) is 3.36. The molecule has 1 aromatic carbocycles. The van der Waals surface area contributed by atoms with Gasteiger partial charge in [0.25, 0.3) is 0 Å². The maximum absolute atomic E-state index is 13.2. The Labute approximate surface area is 117 Å². The predicted octanol–water partition coefficient (Wildman–Crippen LogP) is 3.29. The summed E-state index contributed by atoms with van der Waals surface area (Å²) in [5.74, 6) is -0.391. The van der Waals surface area contributed by atoms with Gasteiger partial charge in [-0.25, -0.2) is 13.8 Å². The zero-order chi connectivity index (χ0) is 14.8. The Morgan fingerprint density at radius 1 is 1.15 bits per heavy atom. The molecule has 0 unspecified atom stereocenters. The first kappa shape index (κ1) is 14.7. The fraction of sp³-hybridized carbons (Fsp3) is 0.400. The lowest BCUT2D eigenvalue weighted by Crippen LogP contribution is -2.37. The number of nitrogens with zero attached hydrogens (tertiary/aromatic N) is 1. The third-order valence-electron chi connectivity index (χ3n) is 2.82. The van der Waals surface area contributed by atoms with Gasteiger partial charge in [-0.05, 0) is 32.9 Å². The molecule has 5 heteroatoms. The van der Waals surface area contributed by atoms with Crippen molar-refractivity contribution < 1.29 is 8.78 Å². The lowest BCUT2D eigenvalue weighted by atomic mass is 10.1. The largest absolute Gasteiger partial charge is 0.342 e. The van der Waals surface area contributed by atoms with Crippen molar-refractivity contribution in [3.8, 4) is 11.3 Å². The number of nitrogens with one attached hydrogen (secondary N) is 2. The Morgan fingerprint density at radius 3 is 2.40 bits per heavy atom. The van der Waals surface area contributed by atoms with Crippen LogP contribution in [0.1, 0.15) is 26.6 Å². The normalized spacial score (nSPS) is 11.8. The van der Waals surface area contributed by atoms with Gasteiger partial charge in [0.15, 0.2) is 0 Å². The average Bonchev–Trinajstić information content (AvgIpc) is 2.74. The molecule has 1 heterocycles. The zero-order valence-electron chi connectivity index (χ0n) is 11.9. The number of hydrogen-bond acceptors (Lipinski definition) is 2. The van der Waals surface area contributed by atoms with Crippen molar-refractivity contribution in [1.29, 1.82) is 0 Å². The smallest absolute Gasteiger partial charge is 0.126 e. The highest BCUT2D eigenvalue weighted by molar-refractivity contribution is 5.58. The van der Waals surface area contributed by atoms with Crippen molar-refractivity contribution in [1.82, 2.24) is 15.3 Å². The van der Waals surface area contributed by atoms with E-state index in [9.17, 15) is 8.78 Å². The highest BCUT2D eigenvalue weighted by Crippen LogP contribution is 2.19. The molecule has 0 aliphatic heterocycles. The first-order chi connectivity index (χ1) is 9.33. The second-order valence-electron chi connectivity index (χ2n) is 5.83. The van der Waals surface area contributed by atoms with Gasteiger partial charge in [-0.2, -0.15) is 0 Å². The zero-order valence-corrected chi connectivity index (χ0v) is 11.9. The third kappa shape index (κ3) is 4.13. The summed E-state index contributed by atoms with van der Waals surface area (Å²) in [6.07, 6.45) is 2.33. The van der Waals surface area contributed by atoms with E-state index in [4.69, 9.17) is 0 Å². The second kappa shape index (κ2) is 5.71. The molecule has 0 radical (unpaired) electrons. The summed E-state index contributed by atoms with van der Waals surface area (Å²) >= 11 is 0. The first-order valence-corrected chi connectivity index (χ1v) is 6.59. The summed E-state index contributed by atoms with van der Waals surface area (Å²) in [5.41, 5.74) is 1.14. The third-order valence-corrected chi connectivity index (χ3v) is 2.82. The van der Waals surface area contributed by atoms with Crippen LogP contribution < -0.4 is 5.32 Å². The Morgan fingerprint density at radius 2 is 1.80 bits per heavy atom. The maximum atomic E-state index is 13.2. The van der Waals surface area contributed by atoms with Crippen LogP contribution >= 0.6 is 0 Å². The molecule has 0 fully saturated rings. The van der Waals surface area contributed by atoms with E-state index >= 15 is 0 Å². The van der Waals surface area contributed by atoms with Gasteiger partial charge < -0.3 is 10.3 Å². The fourth-order valence-electron chi connectivity index (χ4n) is 1.90. The number of aromatic nitrogens is 2. The molecule has 0 bridgehead atoms. The van der Waals surface area contributed by atoms with E-state index in [1.807, 2.05) is 0 Å². The van der Waals surface area contributed by atoms with Crippen molar-refractivity contribution in [3.05, 3.63) is 41.9 Å². The molecule has 2 N–H and O–H groups in total. The van der Waals surface area contributed by atoms with Crippen molar-refractivity contribution in [2.24, 2.45) is 0 Å². The van der Waals surface area contributed by atoms with Crippen LogP contribution in [0.5, 0.6) is 0 Å². The van der Waals surface area contributed by atoms with Crippen LogP contribution in [-0.2, 0) is 6.42 Å². The number of halogens is 2. The standard InChI is InChI=1S/C15H19F2N3/c1-15(2,3)19-5-4-14-18-9-13(20-14)10-6-11(16)8-12(17)7-10/h6-9,19H,4-5H2,1-3H3,(H,18,20). The lowest BCUT2D eigenvalue weighted by molar-refractivity contribution is 0.427. The van der Waals surface area contributed by atoms with Gasteiger partial charge in [0.05, 0.1) is 11.9 Å². The van der Waals surface area contributed by atoms with Gasteiger partial charge in [-0.15, -0.1) is 0 Å². The lowest BCUT2D eigenvalue weighted by Gasteiger charge is -2.19. The maximum Gasteiger partial charge on any atom is 0.126 e. The molecule has 0 saturated carbocycles. The van der Waals surface area contributed by atoms with E-state index in [-0.39, 0.29) is 5.54 Å². The molecule has 0 aliphatic rings. The molecule has 0 amide bonds. The van der Waals surface area contributed by atoms with Gasteiger partial charge in [0.1, 0.15) is 17.5 Å². The molecule has 1 aromatic heterocycles. The Bertz CT molecular complexity index is 565. The van der Waals surface area contributed by atoms with Crippen LogP contribution in [0.2, 0.25) is 0 Å². The number of H-pyrrole nitrogens is 1. The molecular formula is C15H19F2N3. The van der Waals surface area contributed by atoms with E-state index in [0.29, 0.717) is 11.3 Å². The molecule has 2 rings (SSSR count). The van der Waals surface area contributed by atoms with E-state index in [1.54, 1.807) is 6.20 Å². The van der Waals surface area contributed by atoms with Crippen molar-refractivity contribution >= 4 is 0 Å². The minimum absolute atomic E-state index is 0.0567. The topological polar surface area (TPSA) is 40.7 Å². The van der Waals surface area contributed by atoms with Gasteiger partial charge in [0, 0.05) is 30.1 Å². The summed E-state index contributed by atoms with van der Waals surface area (Å²) in [7, 11) is 0. The molecule has 2 aromatic rings. The minimum Gasteiger partial charge on any atom is -0.342 e. The second-order valence-corrected chi connectivity index (χ2v) is 5.83. The van der Waals surface area contributed by atoms with Crippen LogP contribution in [0.3, 0.4) is 0 Å². The Balaban J connectivity index is 2.05. The van der Waals surface area contributed by atoms with Crippen LogP contribution in [0.15, 0.2) is 24.4 Å². The van der Waals surface area contributed by atoms with Crippen molar-refractivity contribution in [3.63, 3.8) is 0 Å². The van der Waals surface area contributed by atoms with E-state index < -0.39 is 11.6 Å². The van der Waals surface area contributed by atoms with E-state index in [0.717, 1.165) is 24.9 Å². The molecule has 108 valence electrons. The summed E-state index contributed by atoms with van der Waals surface area (Å²) in [6.45, 7) is 7.07. The Hall–Kier alpha value is -1.75.